The minimum absolute atomic E-state index is 0.146. The molecule has 128 valence electrons. The first-order chi connectivity index (χ1) is 10.7. The van der Waals surface area contributed by atoms with E-state index in [2.05, 4.69) is 53.7 Å². The van der Waals surface area contributed by atoms with E-state index in [1.165, 1.54) is 5.56 Å². The fraction of sp³-hybridized carbons (Fsp3) is 0.684. The Morgan fingerprint density at radius 3 is 2.09 bits per heavy atom. The van der Waals surface area contributed by atoms with Gasteiger partial charge < -0.3 is 14.0 Å². The van der Waals surface area contributed by atoms with Crippen LogP contribution in [0, 0.1) is 11.8 Å². The molecule has 1 heterocycles. The first-order valence-corrected chi connectivity index (χ1v) is 8.68. The monoisotopic (exact) mass is 318 g/mol. The van der Waals surface area contributed by atoms with Gasteiger partial charge in [-0.3, -0.25) is 0 Å². The summed E-state index contributed by atoms with van der Waals surface area (Å²) in [5.74, 6) is 0.957. The van der Waals surface area contributed by atoms with Gasteiger partial charge in [-0.15, -0.1) is 0 Å². The van der Waals surface area contributed by atoms with Crippen LogP contribution >= 0.6 is 0 Å². The number of benzene rings is 1. The Labute approximate surface area is 141 Å². The van der Waals surface area contributed by atoms with Gasteiger partial charge in [0.15, 0.2) is 0 Å². The molecule has 1 fully saturated rings. The minimum Gasteiger partial charge on any atom is -0.403 e. The molecule has 0 N–H and O–H groups in total. The van der Waals surface area contributed by atoms with Crippen LogP contribution in [0.1, 0.15) is 47.1 Å². The Morgan fingerprint density at radius 2 is 1.57 bits per heavy atom. The Bertz CT molecular complexity index is 469. The number of hydrogen-bond acceptors (Lipinski definition) is 3. The molecule has 1 atom stereocenters. The third kappa shape index (κ3) is 4.82. The van der Waals surface area contributed by atoms with Gasteiger partial charge in [0, 0.05) is 6.61 Å². The van der Waals surface area contributed by atoms with E-state index in [0.29, 0.717) is 18.4 Å². The van der Waals surface area contributed by atoms with Gasteiger partial charge in [0.2, 0.25) is 0 Å². The first kappa shape index (κ1) is 18.5. The van der Waals surface area contributed by atoms with E-state index in [4.69, 9.17) is 14.0 Å². The summed E-state index contributed by atoms with van der Waals surface area (Å²) in [6, 6.07) is 10.3. The number of ether oxygens (including phenoxy) is 1. The fourth-order valence-corrected chi connectivity index (χ4v) is 2.74. The van der Waals surface area contributed by atoms with E-state index in [-0.39, 0.29) is 18.3 Å². The number of rotatable bonds is 7. The summed E-state index contributed by atoms with van der Waals surface area (Å²) in [7, 11) is -0.146. The van der Waals surface area contributed by atoms with Gasteiger partial charge >= 0.3 is 7.12 Å². The Hall–Kier alpha value is -0.835. The predicted octanol–water partition coefficient (Wildman–Crippen LogP) is 4.57. The molecule has 2 rings (SSSR count). The smallest absolute Gasteiger partial charge is 0.403 e. The van der Waals surface area contributed by atoms with Gasteiger partial charge in [0.1, 0.15) is 0 Å². The highest BCUT2D eigenvalue weighted by atomic mass is 16.7. The molecule has 1 aromatic carbocycles. The third-order valence-corrected chi connectivity index (χ3v) is 5.18. The quantitative estimate of drug-likeness (QED) is 0.689. The predicted molar refractivity (Wildman–Crippen MR) is 95.3 cm³/mol. The third-order valence-electron chi connectivity index (χ3n) is 5.18. The highest BCUT2D eigenvalue weighted by Crippen LogP contribution is 2.39. The molecule has 0 spiro atoms. The molecule has 0 unspecified atom stereocenters. The summed E-state index contributed by atoms with van der Waals surface area (Å²) in [6.45, 7) is 14.3. The Kier molecular flexibility index (Phi) is 5.93. The lowest BCUT2D eigenvalue weighted by molar-refractivity contribution is 0.00578. The van der Waals surface area contributed by atoms with Crippen molar-refractivity contribution in [3.05, 3.63) is 35.9 Å². The second kappa shape index (κ2) is 7.37. The molecule has 1 aliphatic heterocycles. The molecule has 4 heteroatoms. The van der Waals surface area contributed by atoms with Crippen LogP contribution in [-0.4, -0.2) is 24.9 Å². The summed E-state index contributed by atoms with van der Waals surface area (Å²) in [5.41, 5.74) is 0.694. The largest absolute Gasteiger partial charge is 0.458 e. The molecule has 0 aromatic heterocycles. The van der Waals surface area contributed by atoms with E-state index in [1.54, 1.807) is 0 Å². The maximum Gasteiger partial charge on any atom is 0.458 e. The SMILES string of the molecule is CC(C)[C@@H](COCc1ccccc1)CB1OC(C)(C)C(C)(C)O1. The average Bonchev–Trinajstić information content (AvgIpc) is 2.66. The second-order valence-electron chi connectivity index (χ2n) is 7.93. The van der Waals surface area contributed by atoms with Crippen LogP contribution in [0.25, 0.3) is 0 Å². The van der Waals surface area contributed by atoms with Crippen molar-refractivity contribution in [3.63, 3.8) is 0 Å². The zero-order valence-corrected chi connectivity index (χ0v) is 15.5. The first-order valence-electron chi connectivity index (χ1n) is 8.68. The van der Waals surface area contributed by atoms with Crippen molar-refractivity contribution in [2.75, 3.05) is 6.61 Å². The van der Waals surface area contributed by atoms with Crippen LogP contribution in [-0.2, 0) is 20.7 Å². The highest BCUT2D eigenvalue weighted by molar-refractivity contribution is 6.45. The van der Waals surface area contributed by atoms with Crippen LogP contribution in [0.5, 0.6) is 0 Å². The van der Waals surface area contributed by atoms with Crippen LogP contribution < -0.4 is 0 Å². The normalized spacial score (nSPS) is 20.9. The van der Waals surface area contributed by atoms with Gasteiger partial charge in [-0.25, -0.2) is 0 Å². The summed E-state index contributed by atoms with van der Waals surface area (Å²) < 4.78 is 18.2. The van der Waals surface area contributed by atoms with Crippen molar-refractivity contribution >= 4 is 7.12 Å². The molecule has 0 bridgehead atoms. The Morgan fingerprint density at radius 1 is 1.00 bits per heavy atom. The zero-order chi connectivity index (χ0) is 17.1. The summed E-state index contributed by atoms with van der Waals surface area (Å²) >= 11 is 0. The standard InChI is InChI=1S/C19H31BO3/c1-15(2)17(14-21-13-16-10-8-7-9-11-16)12-20-22-18(3,4)19(5,6)23-20/h7-11,15,17H,12-14H2,1-6H3/t17-/m1/s1. The van der Waals surface area contributed by atoms with E-state index in [9.17, 15) is 0 Å². The fourth-order valence-electron chi connectivity index (χ4n) is 2.74. The van der Waals surface area contributed by atoms with Crippen molar-refractivity contribution in [2.45, 2.75) is 65.7 Å². The molecule has 23 heavy (non-hydrogen) atoms. The molecule has 0 aliphatic carbocycles. The summed E-state index contributed by atoms with van der Waals surface area (Å²) in [5, 5.41) is 0. The Balaban J connectivity index is 1.85. The number of hydrogen-bond donors (Lipinski definition) is 0. The van der Waals surface area contributed by atoms with Crippen molar-refractivity contribution in [2.24, 2.45) is 11.8 Å². The summed E-state index contributed by atoms with van der Waals surface area (Å²) in [4.78, 5) is 0. The lowest BCUT2D eigenvalue weighted by Crippen LogP contribution is -2.41. The van der Waals surface area contributed by atoms with E-state index >= 15 is 0 Å². The second-order valence-corrected chi connectivity index (χ2v) is 7.93. The topological polar surface area (TPSA) is 27.7 Å². The van der Waals surface area contributed by atoms with Crippen molar-refractivity contribution in [1.82, 2.24) is 0 Å². The molecular formula is C19H31BO3. The van der Waals surface area contributed by atoms with Gasteiger partial charge in [0.05, 0.1) is 17.8 Å². The van der Waals surface area contributed by atoms with Crippen molar-refractivity contribution in [1.29, 1.82) is 0 Å². The molecule has 1 saturated heterocycles. The van der Waals surface area contributed by atoms with Crippen LogP contribution in [0.3, 0.4) is 0 Å². The van der Waals surface area contributed by atoms with Gasteiger partial charge in [-0.1, -0.05) is 44.2 Å². The highest BCUT2D eigenvalue weighted by Gasteiger charge is 2.51. The van der Waals surface area contributed by atoms with Gasteiger partial charge in [-0.05, 0) is 51.4 Å². The lowest BCUT2D eigenvalue weighted by Gasteiger charge is -2.32. The van der Waals surface area contributed by atoms with E-state index in [0.717, 1.165) is 12.9 Å². The molecule has 3 nitrogen and oxygen atoms in total. The molecule has 0 saturated carbocycles. The van der Waals surface area contributed by atoms with E-state index < -0.39 is 0 Å². The van der Waals surface area contributed by atoms with Crippen molar-refractivity contribution < 1.29 is 14.0 Å². The molecule has 1 aromatic rings. The molecule has 0 amide bonds. The maximum atomic E-state index is 6.13. The summed E-state index contributed by atoms with van der Waals surface area (Å²) in [6.07, 6.45) is 0.874. The van der Waals surface area contributed by atoms with Gasteiger partial charge in [-0.2, -0.15) is 0 Å². The average molecular weight is 318 g/mol. The maximum absolute atomic E-state index is 6.13. The molecule has 0 radical (unpaired) electrons. The van der Waals surface area contributed by atoms with Crippen LogP contribution in [0.2, 0.25) is 6.32 Å². The van der Waals surface area contributed by atoms with Crippen molar-refractivity contribution in [3.8, 4) is 0 Å². The molecular weight excluding hydrogens is 287 g/mol. The van der Waals surface area contributed by atoms with Crippen LogP contribution in [0.15, 0.2) is 30.3 Å². The lowest BCUT2D eigenvalue weighted by atomic mass is 9.73. The van der Waals surface area contributed by atoms with E-state index in [1.807, 2.05) is 18.2 Å². The molecule has 1 aliphatic rings. The minimum atomic E-state index is -0.260. The zero-order valence-electron chi connectivity index (χ0n) is 15.5. The van der Waals surface area contributed by atoms with Gasteiger partial charge in [0.25, 0.3) is 0 Å². The van der Waals surface area contributed by atoms with Crippen LogP contribution in [0.4, 0.5) is 0 Å².